The second-order valence-electron chi connectivity index (χ2n) is 9.80. The number of carboxylic acids is 1. The average molecular weight is 505 g/mol. The summed E-state index contributed by atoms with van der Waals surface area (Å²) < 4.78 is 0. The second-order valence-corrected chi connectivity index (χ2v) is 9.80. The summed E-state index contributed by atoms with van der Waals surface area (Å²) >= 11 is 0. The smallest absolute Gasteiger partial charge is 0.323 e. The predicted molar refractivity (Wildman–Crippen MR) is 142 cm³/mol. The SMILES string of the molecule is O=C(O)CN1C(=O)CCN(CC(=O)NCC2CCC(Nc3nc4ccccc4[nH]3)CC2)c2ccccc21. The fraction of sp³-hybridized carbons (Fsp3) is 0.407. The van der Waals surface area contributed by atoms with E-state index in [1.807, 2.05) is 41.3 Å². The Balaban J connectivity index is 1.11. The van der Waals surface area contributed by atoms with E-state index in [0.29, 0.717) is 36.4 Å². The summed E-state index contributed by atoms with van der Waals surface area (Å²) in [6, 6.07) is 15.5. The lowest BCUT2D eigenvalue weighted by molar-refractivity contribution is -0.136. The Morgan fingerprint density at radius 2 is 1.73 bits per heavy atom. The number of nitrogens with zero attached hydrogens (tertiary/aromatic N) is 3. The molecule has 2 aliphatic rings. The minimum Gasteiger partial charge on any atom is -0.480 e. The van der Waals surface area contributed by atoms with Crippen molar-refractivity contribution in [2.24, 2.45) is 5.92 Å². The first kappa shape index (κ1) is 24.6. The van der Waals surface area contributed by atoms with Crippen molar-refractivity contribution < 1.29 is 19.5 Å². The summed E-state index contributed by atoms with van der Waals surface area (Å²) in [6.45, 7) is 0.700. The number of hydrogen-bond donors (Lipinski definition) is 4. The Hall–Kier alpha value is -4.08. The number of carboxylic acid groups (broad SMARTS) is 1. The maximum Gasteiger partial charge on any atom is 0.323 e. The van der Waals surface area contributed by atoms with Gasteiger partial charge in [-0.3, -0.25) is 19.3 Å². The molecule has 1 saturated carbocycles. The molecule has 1 fully saturated rings. The number of fused-ring (bicyclic) bond motifs is 2. The van der Waals surface area contributed by atoms with Crippen LogP contribution in [0.2, 0.25) is 0 Å². The molecule has 194 valence electrons. The van der Waals surface area contributed by atoms with E-state index in [9.17, 15) is 19.5 Å². The molecule has 2 aromatic carbocycles. The number of aliphatic carboxylic acids is 1. The van der Waals surface area contributed by atoms with Gasteiger partial charge in [-0.2, -0.15) is 0 Å². The molecule has 1 aliphatic heterocycles. The van der Waals surface area contributed by atoms with Gasteiger partial charge in [-0.25, -0.2) is 4.98 Å². The molecule has 0 bridgehead atoms. The summed E-state index contributed by atoms with van der Waals surface area (Å²) in [4.78, 5) is 47.8. The van der Waals surface area contributed by atoms with Crippen molar-refractivity contribution in [2.45, 2.75) is 38.1 Å². The maximum absolute atomic E-state index is 12.8. The number of H-pyrrole nitrogens is 1. The van der Waals surface area contributed by atoms with Crippen molar-refractivity contribution in [3.05, 3.63) is 48.5 Å². The van der Waals surface area contributed by atoms with Gasteiger partial charge in [0.1, 0.15) is 6.54 Å². The number of benzene rings is 2. The van der Waals surface area contributed by atoms with Gasteiger partial charge in [0.25, 0.3) is 0 Å². The van der Waals surface area contributed by atoms with E-state index < -0.39 is 12.5 Å². The van der Waals surface area contributed by atoms with Crippen LogP contribution in [-0.2, 0) is 14.4 Å². The third kappa shape index (κ3) is 5.84. The molecule has 0 atom stereocenters. The van der Waals surface area contributed by atoms with Gasteiger partial charge in [0, 0.05) is 25.6 Å². The van der Waals surface area contributed by atoms with Crippen LogP contribution in [0.1, 0.15) is 32.1 Å². The quantitative estimate of drug-likeness (QED) is 0.371. The van der Waals surface area contributed by atoms with Crippen molar-refractivity contribution in [1.82, 2.24) is 15.3 Å². The summed E-state index contributed by atoms with van der Waals surface area (Å²) in [6.07, 6.45) is 4.21. The Morgan fingerprint density at radius 3 is 2.49 bits per heavy atom. The maximum atomic E-state index is 12.8. The highest BCUT2D eigenvalue weighted by atomic mass is 16.4. The molecule has 0 radical (unpaired) electrons. The zero-order valence-corrected chi connectivity index (χ0v) is 20.7. The first-order valence-corrected chi connectivity index (χ1v) is 12.8. The fourth-order valence-corrected chi connectivity index (χ4v) is 5.27. The van der Waals surface area contributed by atoms with Crippen LogP contribution < -0.4 is 20.4 Å². The molecule has 1 aromatic heterocycles. The molecule has 1 aliphatic carbocycles. The number of anilines is 3. The van der Waals surface area contributed by atoms with Crippen LogP contribution in [0.3, 0.4) is 0 Å². The number of aromatic amines is 1. The van der Waals surface area contributed by atoms with Gasteiger partial charge in [0.05, 0.1) is 29.0 Å². The minimum absolute atomic E-state index is 0.100. The lowest BCUT2D eigenvalue weighted by Crippen LogP contribution is -2.40. The van der Waals surface area contributed by atoms with Crippen LogP contribution in [0.15, 0.2) is 48.5 Å². The van der Waals surface area contributed by atoms with Gasteiger partial charge < -0.3 is 25.6 Å². The molecule has 0 spiro atoms. The zero-order valence-electron chi connectivity index (χ0n) is 20.7. The number of hydrogen-bond acceptors (Lipinski definition) is 6. The van der Waals surface area contributed by atoms with Crippen LogP contribution >= 0.6 is 0 Å². The molecule has 2 heterocycles. The molecular weight excluding hydrogens is 472 g/mol. The number of rotatable bonds is 8. The number of imidazole rings is 1. The van der Waals surface area contributed by atoms with Crippen molar-refractivity contribution in [2.75, 3.05) is 41.3 Å². The Kier molecular flexibility index (Phi) is 7.25. The van der Waals surface area contributed by atoms with Crippen molar-refractivity contribution in [3.63, 3.8) is 0 Å². The highest BCUT2D eigenvalue weighted by Gasteiger charge is 2.29. The Labute approximate surface area is 215 Å². The van der Waals surface area contributed by atoms with Crippen LogP contribution in [0.25, 0.3) is 11.0 Å². The molecule has 2 amide bonds. The van der Waals surface area contributed by atoms with Gasteiger partial charge in [0.2, 0.25) is 17.8 Å². The Bertz CT molecular complexity index is 1250. The minimum atomic E-state index is -1.07. The summed E-state index contributed by atoms with van der Waals surface area (Å²) in [5.74, 6) is -0.211. The van der Waals surface area contributed by atoms with E-state index in [2.05, 4.69) is 20.6 Å². The average Bonchev–Trinajstić information content (AvgIpc) is 3.26. The van der Waals surface area contributed by atoms with E-state index in [1.54, 1.807) is 12.1 Å². The third-order valence-electron chi connectivity index (χ3n) is 7.20. The van der Waals surface area contributed by atoms with Crippen LogP contribution in [0.5, 0.6) is 0 Å². The predicted octanol–water partition coefficient (Wildman–Crippen LogP) is 2.98. The highest BCUT2D eigenvalue weighted by Crippen LogP contribution is 2.32. The molecule has 0 saturated heterocycles. The van der Waals surface area contributed by atoms with E-state index in [1.165, 1.54) is 4.90 Å². The van der Waals surface area contributed by atoms with Gasteiger partial charge >= 0.3 is 5.97 Å². The van der Waals surface area contributed by atoms with E-state index >= 15 is 0 Å². The van der Waals surface area contributed by atoms with E-state index in [4.69, 9.17) is 0 Å². The third-order valence-corrected chi connectivity index (χ3v) is 7.20. The summed E-state index contributed by atoms with van der Waals surface area (Å²) in [7, 11) is 0. The first-order valence-electron chi connectivity index (χ1n) is 12.8. The summed E-state index contributed by atoms with van der Waals surface area (Å²) in [5, 5.41) is 15.8. The lowest BCUT2D eigenvalue weighted by atomic mass is 9.86. The number of carbonyl (C=O) groups is 3. The van der Waals surface area contributed by atoms with Crippen molar-refractivity contribution in [3.8, 4) is 0 Å². The molecular formula is C27H32N6O4. The number of amides is 2. The van der Waals surface area contributed by atoms with Gasteiger partial charge in [0.15, 0.2) is 0 Å². The van der Waals surface area contributed by atoms with Gasteiger partial charge in [-0.1, -0.05) is 24.3 Å². The molecule has 5 rings (SSSR count). The normalized spacial score (nSPS) is 19.8. The number of nitrogens with one attached hydrogen (secondary N) is 3. The Morgan fingerprint density at radius 1 is 1.00 bits per heavy atom. The first-order chi connectivity index (χ1) is 18.0. The van der Waals surface area contributed by atoms with Crippen LogP contribution in [0.4, 0.5) is 17.3 Å². The second kappa shape index (κ2) is 10.9. The zero-order chi connectivity index (χ0) is 25.8. The standard InChI is InChI=1S/C27H32N6O4/c34-24(16-32-14-13-25(35)33(17-26(36)37)23-8-4-3-7-22(23)32)28-15-18-9-11-19(12-10-18)29-27-30-20-5-1-2-6-21(20)31-27/h1-8,18-19H,9-17H2,(H,28,34)(H,36,37)(H2,29,30,31). The van der Waals surface area contributed by atoms with Gasteiger partial charge in [-0.15, -0.1) is 0 Å². The summed E-state index contributed by atoms with van der Waals surface area (Å²) in [5.41, 5.74) is 3.19. The van der Waals surface area contributed by atoms with E-state index in [-0.39, 0.29) is 24.8 Å². The lowest BCUT2D eigenvalue weighted by Gasteiger charge is -2.29. The molecule has 10 nitrogen and oxygen atoms in total. The molecule has 3 aromatic rings. The molecule has 10 heteroatoms. The topological polar surface area (TPSA) is 131 Å². The fourth-order valence-electron chi connectivity index (χ4n) is 5.27. The molecule has 4 N–H and O–H groups in total. The number of aromatic nitrogens is 2. The van der Waals surface area contributed by atoms with Crippen LogP contribution in [0, 0.1) is 5.92 Å². The highest BCUT2D eigenvalue weighted by molar-refractivity contribution is 6.02. The molecule has 37 heavy (non-hydrogen) atoms. The van der Waals surface area contributed by atoms with Crippen molar-refractivity contribution in [1.29, 1.82) is 0 Å². The van der Waals surface area contributed by atoms with Crippen molar-refractivity contribution >= 4 is 46.1 Å². The largest absolute Gasteiger partial charge is 0.480 e. The molecule has 0 unspecified atom stereocenters. The van der Waals surface area contributed by atoms with Crippen LogP contribution in [-0.4, -0.2) is 65.1 Å². The monoisotopic (exact) mass is 504 g/mol. The number of para-hydroxylation sites is 4. The van der Waals surface area contributed by atoms with Gasteiger partial charge in [-0.05, 0) is 55.9 Å². The number of carbonyl (C=O) groups excluding carboxylic acids is 2. The van der Waals surface area contributed by atoms with E-state index in [0.717, 1.165) is 42.7 Å².